The lowest BCUT2D eigenvalue weighted by molar-refractivity contribution is 1.32. The van der Waals surface area contributed by atoms with Crippen LogP contribution in [0.5, 0.6) is 0 Å². The molecule has 2 aromatic heterocycles. The van der Waals surface area contributed by atoms with E-state index in [2.05, 4.69) is 296 Å². The molecule has 0 radical (unpaired) electrons. The number of hydrogen-bond acceptors (Lipinski definition) is 3. The summed E-state index contributed by atoms with van der Waals surface area (Å²) in [7, 11) is 0. The van der Waals surface area contributed by atoms with Crippen molar-refractivity contribution in [1.82, 2.24) is 9.38 Å². The van der Waals surface area contributed by atoms with Crippen LogP contribution in [0.4, 0.5) is 0 Å². The average molecular weight is 1100 g/mol. The number of hydrogen-bond donors (Lipinski definition) is 0. The predicted molar refractivity (Wildman–Crippen MR) is 358 cm³/mol. The lowest BCUT2D eigenvalue weighted by Crippen LogP contribution is -2.25. The molecule has 2 nitrogen and oxygen atoms in total. The third-order valence-electron chi connectivity index (χ3n) is 16.9. The summed E-state index contributed by atoms with van der Waals surface area (Å²) in [6.07, 6.45) is 0. The molecule has 0 bridgehead atoms. The zero-order valence-electron chi connectivity index (χ0n) is 43.8. The molecule has 0 N–H and O–H groups in total. The Labute approximate surface area is 479 Å². The normalized spacial score (nSPS) is 13.5. The Morgan fingerprint density at radius 1 is 0.284 bits per heavy atom. The molecule has 0 aliphatic rings. The summed E-state index contributed by atoms with van der Waals surface area (Å²) in [4.78, 5) is 5.55. The third-order valence-corrected chi connectivity index (χ3v) is 26.8. The fraction of sp³-hybridized carbons (Fsp3) is 0. The van der Waals surface area contributed by atoms with Crippen molar-refractivity contribution in [3.63, 3.8) is 0 Å². The van der Waals surface area contributed by atoms with Crippen molar-refractivity contribution in [3.8, 4) is 22.3 Å². The lowest BCUT2D eigenvalue weighted by Gasteiger charge is -2.26. The van der Waals surface area contributed by atoms with E-state index in [1.165, 1.54) is 96.5 Å². The summed E-state index contributed by atoms with van der Waals surface area (Å²) in [5.74, 6) is 0. The number of rotatable bonds is 8. The fourth-order valence-electron chi connectivity index (χ4n) is 12.9. The zero-order chi connectivity index (χ0) is 53.8. The Balaban J connectivity index is 0.868. The largest absolute Gasteiger partial charge is 0.292 e. The second-order valence-electron chi connectivity index (χ2n) is 21.3. The monoisotopic (exact) mass is 1100 g/mol. The van der Waals surface area contributed by atoms with E-state index < -0.39 is 12.1 Å². The molecule has 0 amide bonds. The first-order chi connectivity index (χ1) is 39.9. The van der Waals surface area contributed by atoms with Gasteiger partial charge in [0, 0.05) is 33.5 Å². The van der Waals surface area contributed by atoms with Gasteiger partial charge in [-0.2, -0.15) is 0 Å². The van der Waals surface area contributed by atoms with Gasteiger partial charge in [0.1, 0.15) is 5.65 Å². The summed E-state index contributed by atoms with van der Waals surface area (Å²) < 4.78 is 2.43. The zero-order valence-corrected chi connectivity index (χ0v) is 47.2. The van der Waals surface area contributed by atoms with Crippen LogP contribution in [0.2, 0.25) is 0 Å². The molecular weight excluding hydrogens is 1050 g/mol. The Morgan fingerprint density at radius 3 is 1.52 bits per heavy atom. The second kappa shape index (κ2) is 18.9. The molecule has 380 valence electrons. The Morgan fingerprint density at radius 2 is 0.778 bits per heavy atom. The van der Waals surface area contributed by atoms with Crippen LogP contribution in [0.3, 0.4) is 0 Å². The van der Waals surface area contributed by atoms with Crippen molar-refractivity contribution < 1.29 is 0 Å². The van der Waals surface area contributed by atoms with Crippen LogP contribution in [0.1, 0.15) is 0 Å². The van der Waals surface area contributed by atoms with Crippen LogP contribution >= 0.6 is 12.1 Å². The Bertz CT molecular complexity index is 5370. The quantitative estimate of drug-likeness (QED) is 0.112. The van der Waals surface area contributed by atoms with Gasteiger partial charge in [0.15, 0.2) is 0 Å². The van der Waals surface area contributed by atoms with Crippen molar-refractivity contribution in [2.75, 3.05) is 0 Å². The minimum atomic E-state index is -2.54. The van der Waals surface area contributed by atoms with E-state index in [-0.39, 0.29) is 0 Å². The Kier molecular flexibility index (Phi) is 11.2. The number of aromatic nitrogens is 2. The van der Waals surface area contributed by atoms with Crippen LogP contribution in [-0.4, -0.2) is 9.38 Å². The van der Waals surface area contributed by atoms with E-state index in [0.717, 1.165) is 49.8 Å². The van der Waals surface area contributed by atoms with E-state index in [1.807, 2.05) is 0 Å². The van der Waals surface area contributed by atoms with Gasteiger partial charge in [0.2, 0.25) is 0 Å². The lowest BCUT2D eigenvalue weighted by atomic mass is 9.95. The first-order valence-electron chi connectivity index (χ1n) is 27.5. The van der Waals surface area contributed by atoms with E-state index in [9.17, 15) is 0 Å². The minimum absolute atomic E-state index is 0.948. The maximum atomic E-state index is 7.11. The molecular formula is C75H48N2P2S2. The van der Waals surface area contributed by atoms with Gasteiger partial charge >= 0.3 is 0 Å². The molecule has 6 heteroatoms. The van der Waals surface area contributed by atoms with Gasteiger partial charge in [0.05, 0.1) is 16.6 Å². The van der Waals surface area contributed by atoms with Gasteiger partial charge in [-0.15, -0.1) is 0 Å². The maximum absolute atomic E-state index is 7.11. The maximum Gasteiger partial charge on any atom is 0.147 e. The molecule has 0 saturated heterocycles. The predicted octanol–water partition coefficient (Wildman–Crippen LogP) is 17.4. The minimum Gasteiger partial charge on any atom is -0.292 e. The van der Waals surface area contributed by atoms with E-state index in [4.69, 9.17) is 28.6 Å². The highest BCUT2D eigenvalue weighted by atomic mass is 32.4. The van der Waals surface area contributed by atoms with Gasteiger partial charge in [-0.05, 0) is 139 Å². The van der Waals surface area contributed by atoms with Crippen LogP contribution in [0, 0.1) is 0 Å². The summed E-state index contributed by atoms with van der Waals surface area (Å²) in [5.41, 5.74) is 8.64. The van der Waals surface area contributed by atoms with Crippen molar-refractivity contribution in [3.05, 3.63) is 291 Å². The highest BCUT2D eigenvalue weighted by Crippen LogP contribution is 2.49. The summed E-state index contributed by atoms with van der Waals surface area (Å²) in [5, 5.41) is 22.6. The summed E-state index contributed by atoms with van der Waals surface area (Å²) >= 11 is 14.1. The number of imidazole rings is 1. The molecule has 2 heterocycles. The molecule has 0 spiro atoms. The third kappa shape index (κ3) is 7.56. The number of benzene rings is 14. The Hall–Kier alpha value is -8.85. The molecule has 2 atom stereocenters. The van der Waals surface area contributed by atoms with Crippen molar-refractivity contribution in [2.45, 2.75) is 0 Å². The number of fused-ring (bicyclic) bond motifs is 14. The van der Waals surface area contributed by atoms with Crippen LogP contribution in [0.25, 0.3) is 114 Å². The van der Waals surface area contributed by atoms with Crippen LogP contribution in [0.15, 0.2) is 291 Å². The highest BCUT2D eigenvalue weighted by molar-refractivity contribution is 8.26. The van der Waals surface area contributed by atoms with E-state index >= 15 is 0 Å². The molecule has 0 saturated carbocycles. The van der Waals surface area contributed by atoms with Crippen LogP contribution in [-0.2, 0) is 23.6 Å². The van der Waals surface area contributed by atoms with Gasteiger partial charge in [-0.3, -0.25) is 4.40 Å². The fourth-order valence-corrected chi connectivity index (χ4v) is 21.0. The van der Waals surface area contributed by atoms with Crippen molar-refractivity contribution >= 4 is 160 Å². The van der Waals surface area contributed by atoms with E-state index in [1.54, 1.807) is 0 Å². The molecule has 0 fully saturated rings. The molecule has 16 rings (SSSR count). The summed E-state index contributed by atoms with van der Waals surface area (Å²) in [6.45, 7) is 0. The van der Waals surface area contributed by atoms with Crippen molar-refractivity contribution in [2.24, 2.45) is 0 Å². The first kappa shape index (κ1) is 48.1. The molecule has 14 aromatic carbocycles. The average Bonchev–Trinajstić information content (AvgIpc) is 3.46. The topological polar surface area (TPSA) is 17.3 Å². The molecule has 2 unspecified atom stereocenters. The smallest absolute Gasteiger partial charge is 0.147 e. The standard InChI is InChI=1S/C75H48N2P2S2/c80-78(58-21-3-1-4-22-58,72-29-15-20-50-17-9-11-25-63(50)72)61-38-33-54-44-53(30-31-55(54)46-61)56-36-42-69-71(47-56)77-70-48-57(35-39-66(70)68-40-34-51-18-10-12-26-64(51)74(68)75(77)76-69)62-41-43-73(67-28-14-13-27-65(62)67)79(81,59-23-5-2-6-24-59)60-37-32-49-16-7-8-19-52(49)45-60/h1-48H. The number of nitrogens with zero attached hydrogens (tertiary/aromatic N) is 2. The van der Waals surface area contributed by atoms with Gasteiger partial charge in [-0.1, -0.05) is 278 Å². The molecule has 81 heavy (non-hydrogen) atoms. The first-order valence-corrected chi connectivity index (χ1v) is 33.1. The second-order valence-corrected chi connectivity index (χ2v) is 30.0. The number of pyridine rings is 1. The molecule has 0 aliphatic heterocycles. The van der Waals surface area contributed by atoms with Crippen molar-refractivity contribution in [1.29, 1.82) is 0 Å². The molecule has 0 aliphatic carbocycles. The summed E-state index contributed by atoms with van der Waals surface area (Å²) in [6, 6.07) is 102. The van der Waals surface area contributed by atoms with Gasteiger partial charge in [-0.25, -0.2) is 4.98 Å². The van der Waals surface area contributed by atoms with E-state index in [0.29, 0.717) is 0 Å². The van der Waals surface area contributed by atoms with Gasteiger partial charge in [0.25, 0.3) is 0 Å². The highest BCUT2D eigenvalue weighted by Gasteiger charge is 2.30. The molecule has 16 aromatic rings. The van der Waals surface area contributed by atoms with Crippen LogP contribution < -0.4 is 31.8 Å². The SMILES string of the molecule is S=P(c1ccccc1)(c1ccc2cc(-c3ccc4nc5c6c7ccccc7ccc6c6ccc(-c7ccc(P(=S)(c8ccccc8)c8ccc9ccccc9c8)c8ccccc78)cc6n5c4c3)ccc2c1)c1cccc2ccccc12. The van der Waals surface area contributed by atoms with Gasteiger partial charge < -0.3 is 0 Å².